The van der Waals surface area contributed by atoms with Gasteiger partial charge in [0.2, 0.25) is 0 Å². The topological polar surface area (TPSA) is 33.1 Å². The van der Waals surface area contributed by atoms with Gasteiger partial charge in [0.15, 0.2) is 0 Å². The number of nitrogens with zero attached hydrogens (tertiary/aromatic N) is 1. The fraction of sp³-hybridized carbons (Fsp3) is 0.750. The van der Waals surface area contributed by atoms with Crippen molar-refractivity contribution in [3.05, 3.63) is 15.6 Å². The standard InChI is InChI=1S/C12H17NOS/c1-12(2)6-7(12)11-13-8-4-3-5-9(14)10(8)15-11/h7,9,14H,3-6H2,1-2H3. The summed E-state index contributed by atoms with van der Waals surface area (Å²) in [4.78, 5) is 5.87. The van der Waals surface area contributed by atoms with E-state index in [2.05, 4.69) is 13.8 Å². The van der Waals surface area contributed by atoms with Crippen LogP contribution in [0.2, 0.25) is 0 Å². The number of aryl methyl sites for hydroxylation is 1. The number of rotatable bonds is 1. The Morgan fingerprint density at radius 3 is 2.80 bits per heavy atom. The van der Waals surface area contributed by atoms with Gasteiger partial charge < -0.3 is 5.11 Å². The van der Waals surface area contributed by atoms with Crippen LogP contribution in [0.3, 0.4) is 0 Å². The fourth-order valence-electron chi connectivity index (χ4n) is 2.45. The largest absolute Gasteiger partial charge is 0.388 e. The van der Waals surface area contributed by atoms with Crippen LogP contribution in [0.1, 0.15) is 60.7 Å². The maximum Gasteiger partial charge on any atom is 0.0968 e. The predicted octanol–water partition coefficient (Wildman–Crippen LogP) is 3.03. The summed E-state index contributed by atoms with van der Waals surface area (Å²) in [6, 6.07) is 0. The van der Waals surface area contributed by atoms with Crippen LogP contribution in [0.25, 0.3) is 0 Å². The quantitative estimate of drug-likeness (QED) is 0.794. The molecule has 0 aliphatic heterocycles. The number of fused-ring (bicyclic) bond motifs is 1. The maximum absolute atomic E-state index is 9.88. The Hall–Kier alpha value is -0.410. The van der Waals surface area contributed by atoms with Crippen LogP contribution in [-0.2, 0) is 6.42 Å². The second-order valence-corrected chi connectivity index (χ2v) is 6.58. The van der Waals surface area contributed by atoms with Crippen molar-refractivity contribution < 1.29 is 5.11 Å². The number of aliphatic hydroxyl groups is 1. The van der Waals surface area contributed by atoms with Gasteiger partial charge in [-0.25, -0.2) is 4.98 Å². The van der Waals surface area contributed by atoms with Gasteiger partial charge >= 0.3 is 0 Å². The molecule has 82 valence electrons. The van der Waals surface area contributed by atoms with Crippen LogP contribution < -0.4 is 0 Å². The zero-order valence-electron chi connectivity index (χ0n) is 9.29. The van der Waals surface area contributed by atoms with Gasteiger partial charge in [-0.2, -0.15) is 0 Å². The number of aromatic nitrogens is 1. The summed E-state index contributed by atoms with van der Waals surface area (Å²) < 4.78 is 0. The lowest BCUT2D eigenvalue weighted by molar-refractivity contribution is 0.160. The highest BCUT2D eigenvalue weighted by molar-refractivity contribution is 7.12. The Morgan fingerprint density at radius 1 is 1.47 bits per heavy atom. The molecule has 1 N–H and O–H groups in total. The molecule has 1 aromatic rings. The zero-order valence-corrected chi connectivity index (χ0v) is 10.1. The molecule has 0 aromatic carbocycles. The second kappa shape index (κ2) is 3.05. The Bertz CT molecular complexity index is 396. The highest BCUT2D eigenvalue weighted by atomic mass is 32.1. The van der Waals surface area contributed by atoms with Crippen LogP contribution in [0.5, 0.6) is 0 Å². The summed E-state index contributed by atoms with van der Waals surface area (Å²) >= 11 is 1.76. The van der Waals surface area contributed by atoms with E-state index < -0.39 is 0 Å². The smallest absolute Gasteiger partial charge is 0.0968 e. The SMILES string of the molecule is CC1(C)CC1c1nc2c(s1)C(O)CCC2. The molecule has 2 nitrogen and oxygen atoms in total. The highest BCUT2D eigenvalue weighted by Crippen LogP contribution is 2.59. The van der Waals surface area contributed by atoms with Gasteiger partial charge in [-0.05, 0) is 31.1 Å². The third-order valence-electron chi connectivity index (χ3n) is 3.75. The summed E-state index contributed by atoms with van der Waals surface area (Å²) in [5.74, 6) is 0.653. The minimum absolute atomic E-state index is 0.234. The van der Waals surface area contributed by atoms with Crippen LogP contribution in [0, 0.1) is 5.41 Å². The monoisotopic (exact) mass is 223 g/mol. The molecule has 2 unspecified atom stereocenters. The normalized spacial score (nSPS) is 32.5. The zero-order chi connectivity index (χ0) is 10.6. The molecule has 0 saturated heterocycles. The van der Waals surface area contributed by atoms with Crippen molar-refractivity contribution in [1.82, 2.24) is 4.98 Å². The molecule has 0 bridgehead atoms. The van der Waals surface area contributed by atoms with Crippen LogP contribution in [0.4, 0.5) is 0 Å². The minimum atomic E-state index is -0.234. The lowest BCUT2D eigenvalue weighted by atomic mass is 10.0. The van der Waals surface area contributed by atoms with Gasteiger partial charge in [-0.1, -0.05) is 13.8 Å². The van der Waals surface area contributed by atoms with Crippen molar-refractivity contribution in [2.45, 2.75) is 51.6 Å². The first-order chi connectivity index (χ1) is 7.08. The van der Waals surface area contributed by atoms with Gasteiger partial charge in [0.1, 0.15) is 0 Å². The van der Waals surface area contributed by atoms with Gasteiger partial charge in [-0.3, -0.25) is 0 Å². The van der Waals surface area contributed by atoms with E-state index >= 15 is 0 Å². The molecule has 2 aliphatic carbocycles. The highest BCUT2D eigenvalue weighted by Gasteiger charge is 2.48. The Balaban J connectivity index is 1.93. The average Bonchev–Trinajstić information content (AvgIpc) is 2.62. The third-order valence-corrected chi connectivity index (χ3v) is 5.06. The van der Waals surface area contributed by atoms with Crippen molar-refractivity contribution in [3.8, 4) is 0 Å². The van der Waals surface area contributed by atoms with Crippen molar-refractivity contribution in [2.75, 3.05) is 0 Å². The molecule has 15 heavy (non-hydrogen) atoms. The van der Waals surface area contributed by atoms with E-state index in [4.69, 9.17) is 4.98 Å². The van der Waals surface area contributed by atoms with E-state index in [0.29, 0.717) is 11.3 Å². The number of hydrogen-bond donors (Lipinski definition) is 1. The van der Waals surface area contributed by atoms with Crippen molar-refractivity contribution in [1.29, 1.82) is 0 Å². The van der Waals surface area contributed by atoms with Crippen molar-refractivity contribution in [2.24, 2.45) is 5.41 Å². The molecule has 0 radical (unpaired) electrons. The van der Waals surface area contributed by atoms with Crippen LogP contribution >= 0.6 is 11.3 Å². The number of hydrogen-bond acceptors (Lipinski definition) is 3. The van der Waals surface area contributed by atoms with Crippen molar-refractivity contribution >= 4 is 11.3 Å². The summed E-state index contributed by atoms with van der Waals surface area (Å²) in [7, 11) is 0. The van der Waals surface area contributed by atoms with E-state index in [1.54, 1.807) is 11.3 Å². The summed E-state index contributed by atoms with van der Waals surface area (Å²) in [5, 5.41) is 11.1. The van der Waals surface area contributed by atoms with E-state index in [1.165, 1.54) is 17.1 Å². The van der Waals surface area contributed by atoms with Gasteiger partial charge in [0.25, 0.3) is 0 Å². The molecule has 3 rings (SSSR count). The molecule has 3 heteroatoms. The Morgan fingerprint density at radius 2 is 2.20 bits per heavy atom. The summed E-state index contributed by atoms with van der Waals surface area (Å²) in [5.41, 5.74) is 1.63. The molecule has 1 heterocycles. The molecule has 0 amide bonds. The average molecular weight is 223 g/mol. The molecule has 1 aromatic heterocycles. The minimum Gasteiger partial charge on any atom is -0.388 e. The van der Waals surface area contributed by atoms with Crippen LogP contribution in [-0.4, -0.2) is 10.1 Å². The molecule has 2 aliphatic rings. The summed E-state index contributed by atoms with van der Waals surface area (Å²) in [6.45, 7) is 4.60. The fourth-order valence-corrected chi connectivity index (χ4v) is 3.90. The molecular formula is C12H17NOS. The number of thiazole rings is 1. The molecule has 1 fully saturated rings. The second-order valence-electron chi connectivity index (χ2n) is 5.52. The summed E-state index contributed by atoms with van der Waals surface area (Å²) in [6.07, 6.45) is 4.10. The lowest BCUT2D eigenvalue weighted by Crippen LogP contribution is -2.06. The van der Waals surface area contributed by atoms with E-state index in [9.17, 15) is 5.11 Å². The Labute approximate surface area is 94.4 Å². The maximum atomic E-state index is 9.88. The molecular weight excluding hydrogens is 206 g/mol. The first-order valence-corrected chi connectivity index (χ1v) is 6.57. The van der Waals surface area contributed by atoms with E-state index in [1.807, 2.05) is 0 Å². The predicted molar refractivity (Wildman–Crippen MR) is 61.2 cm³/mol. The molecule has 0 spiro atoms. The van der Waals surface area contributed by atoms with Gasteiger partial charge in [0.05, 0.1) is 21.7 Å². The third kappa shape index (κ3) is 1.53. The first-order valence-electron chi connectivity index (χ1n) is 5.75. The van der Waals surface area contributed by atoms with E-state index in [-0.39, 0.29) is 6.10 Å². The Kier molecular flexibility index (Phi) is 1.99. The molecule has 1 saturated carbocycles. The van der Waals surface area contributed by atoms with Gasteiger partial charge in [-0.15, -0.1) is 11.3 Å². The van der Waals surface area contributed by atoms with E-state index in [0.717, 1.165) is 24.1 Å². The van der Waals surface area contributed by atoms with Crippen LogP contribution in [0.15, 0.2) is 0 Å². The first kappa shape index (κ1) is 9.79. The lowest BCUT2D eigenvalue weighted by Gasteiger charge is -2.14. The van der Waals surface area contributed by atoms with Gasteiger partial charge in [0, 0.05) is 5.92 Å². The number of aliphatic hydroxyl groups excluding tert-OH is 1. The van der Waals surface area contributed by atoms with Crippen molar-refractivity contribution in [3.63, 3.8) is 0 Å². The molecule has 2 atom stereocenters.